The smallest absolute Gasteiger partial charge is 0.245 e. The van der Waals surface area contributed by atoms with Crippen molar-refractivity contribution in [2.75, 3.05) is 11.9 Å². The fraction of sp³-hybridized carbons (Fsp3) is 0.615. The Bertz CT molecular complexity index is 418. The summed E-state index contributed by atoms with van der Waals surface area (Å²) in [5.41, 5.74) is -0.211. The summed E-state index contributed by atoms with van der Waals surface area (Å²) in [5.74, 6) is 0.779. The van der Waals surface area contributed by atoms with Gasteiger partial charge in [-0.2, -0.15) is 0 Å². The normalized spacial score (nSPS) is 23.8. The Morgan fingerprint density at radius 3 is 2.89 bits per heavy atom. The van der Waals surface area contributed by atoms with Crippen LogP contribution in [0.1, 0.15) is 33.1 Å². The van der Waals surface area contributed by atoms with Gasteiger partial charge >= 0.3 is 0 Å². The van der Waals surface area contributed by atoms with Gasteiger partial charge in [-0.3, -0.25) is 9.69 Å². The molecule has 0 bridgehead atoms. The Labute approximate surface area is 108 Å². The van der Waals surface area contributed by atoms with Crippen LogP contribution in [0, 0.1) is 0 Å². The first-order valence-corrected chi connectivity index (χ1v) is 6.33. The van der Waals surface area contributed by atoms with E-state index < -0.39 is 0 Å². The van der Waals surface area contributed by atoms with Crippen LogP contribution in [0.3, 0.4) is 0 Å². The number of amides is 1. The highest BCUT2D eigenvalue weighted by Gasteiger charge is 2.38. The van der Waals surface area contributed by atoms with Crippen LogP contribution < -0.4 is 10.2 Å². The molecule has 0 aromatic carbocycles. The first kappa shape index (κ1) is 13.0. The number of aromatic nitrogens is 2. The Kier molecular flexibility index (Phi) is 3.61. The van der Waals surface area contributed by atoms with Crippen LogP contribution in [0.4, 0.5) is 5.82 Å². The second kappa shape index (κ2) is 5.02. The molecule has 1 amide bonds. The molecule has 1 unspecified atom stereocenters. The number of likely N-dealkylation sites (N-methyl/N-ethyl adjacent to an activating group) is 1. The van der Waals surface area contributed by atoms with E-state index in [2.05, 4.69) is 29.1 Å². The summed E-state index contributed by atoms with van der Waals surface area (Å²) in [6.07, 6.45) is 6.04. The maximum absolute atomic E-state index is 12.6. The van der Waals surface area contributed by atoms with Crippen molar-refractivity contribution in [3.8, 4) is 0 Å². The van der Waals surface area contributed by atoms with Crippen LogP contribution in [0.15, 0.2) is 18.6 Å². The Morgan fingerprint density at radius 2 is 2.28 bits per heavy atom. The van der Waals surface area contributed by atoms with E-state index in [-0.39, 0.29) is 17.5 Å². The van der Waals surface area contributed by atoms with Crippen molar-refractivity contribution in [1.29, 1.82) is 0 Å². The van der Waals surface area contributed by atoms with Crippen molar-refractivity contribution < 1.29 is 4.79 Å². The summed E-state index contributed by atoms with van der Waals surface area (Å²) in [6.45, 7) is 4.18. The molecule has 1 aliphatic rings. The molecule has 0 saturated carbocycles. The molecular weight excluding hydrogens is 228 g/mol. The van der Waals surface area contributed by atoms with Crippen LogP contribution in [0.2, 0.25) is 0 Å². The van der Waals surface area contributed by atoms with Crippen LogP contribution in [0.5, 0.6) is 0 Å². The molecule has 0 aliphatic carbocycles. The van der Waals surface area contributed by atoms with Crippen molar-refractivity contribution in [1.82, 2.24) is 15.3 Å². The number of anilines is 1. The van der Waals surface area contributed by atoms with E-state index in [1.807, 2.05) is 11.9 Å². The largest absolute Gasteiger partial charge is 0.309 e. The van der Waals surface area contributed by atoms with Crippen molar-refractivity contribution in [2.45, 2.75) is 44.7 Å². The minimum atomic E-state index is -0.211. The molecule has 1 atom stereocenters. The van der Waals surface area contributed by atoms with Crippen molar-refractivity contribution >= 4 is 11.7 Å². The maximum atomic E-state index is 12.6. The lowest BCUT2D eigenvalue weighted by Gasteiger charge is -2.37. The SMILES string of the molecule is CNC1CCCC(C)(C)N(c2ccncn2)C1=O. The monoisotopic (exact) mass is 248 g/mol. The fourth-order valence-corrected chi connectivity index (χ4v) is 2.54. The van der Waals surface area contributed by atoms with E-state index in [4.69, 9.17) is 0 Å². The van der Waals surface area contributed by atoms with Crippen molar-refractivity contribution in [3.05, 3.63) is 18.6 Å². The average molecular weight is 248 g/mol. The van der Waals surface area contributed by atoms with Crippen LogP contribution >= 0.6 is 0 Å². The van der Waals surface area contributed by atoms with Gasteiger partial charge in [-0.05, 0) is 46.2 Å². The van der Waals surface area contributed by atoms with E-state index in [1.165, 1.54) is 6.33 Å². The van der Waals surface area contributed by atoms with Gasteiger partial charge in [0.2, 0.25) is 5.91 Å². The topological polar surface area (TPSA) is 58.1 Å². The molecular formula is C13H20N4O. The molecule has 0 radical (unpaired) electrons. The molecule has 2 rings (SSSR count). The first-order chi connectivity index (χ1) is 8.56. The van der Waals surface area contributed by atoms with Gasteiger partial charge in [0.15, 0.2) is 0 Å². The second-order valence-electron chi connectivity index (χ2n) is 5.29. The first-order valence-electron chi connectivity index (χ1n) is 6.33. The molecule has 18 heavy (non-hydrogen) atoms. The number of nitrogens with one attached hydrogen (secondary N) is 1. The quantitative estimate of drug-likeness (QED) is 0.858. The molecule has 1 N–H and O–H groups in total. The van der Waals surface area contributed by atoms with E-state index in [1.54, 1.807) is 12.3 Å². The molecule has 5 nitrogen and oxygen atoms in total. The van der Waals surface area contributed by atoms with E-state index in [0.29, 0.717) is 5.82 Å². The molecule has 98 valence electrons. The molecule has 1 aromatic heterocycles. The zero-order valence-corrected chi connectivity index (χ0v) is 11.2. The van der Waals surface area contributed by atoms with Gasteiger partial charge in [0.25, 0.3) is 0 Å². The van der Waals surface area contributed by atoms with Crippen LogP contribution in [0.25, 0.3) is 0 Å². The number of hydrogen-bond acceptors (Lipinski definition) is 4. The maximum Gasteiger partial charge on any atom is 0.245 e. The van der Waals surface area contributed by atoms with E-state index >= 15 is 0 Å². The zero-order chi connectivity index (χ0) is 13.2. The number of hydrogen-bond donors (Lipinski definition) is 1. The molecule has 1 aromatic rings. The van der Waals surface area contributed by atoms with Crippen molar-refractivity contribution in [2.24, 2.45) is 0 Å². The lowest BCUT2D eigenvalue weighted by Crippen LogP contribution is -2.53. The summed E-state index contributed by atoms with van der Waals surface area (Å²) in [7, 11) is 1.83. The lowest BCUT2D eigenvalue weighted by atomic mass is 9.97. The van der Waals surface area contributed by atoms with E-state index in [9.17, 15) is 4.79 Å². The van der Waals surface area contributed by atoms with Crippen molar-refractivity contribution in [3.63, 3.8) is 0 Å². The average Bonchev–Trinajstić information content (AvgIpc) is 2.46. The van der Waals surface area contributed by atoms with Gasteiger partial charge < -0.3 is 5.32 Å². The third-order valence-corrected chi connectivity index (χ3v) is 3.55. The van der Waals surface area contributed by atoms with Crippen LogP contribution in [-0.4, -0.2) is 34.5 Å². The van der Waals surface area contributed by atoms with Gasteiger partial charge in [-0.15, -0.1) is 0 Å². The summed E-state index contributed by atoms with van der Waals surface area (Å²) >= 11 is 0. The van der Waals surface area contributed by atoms with Gasteiger partial charge in [0.1, 0.15) is 12.1 Å². The molecule has 1 aliphatic heterocycles. The van der Waals surface area contributed by atoms with Gasteiger partial charge in [-0.25, -0.2) is 9.97 Å². The number of nitrogens with zero attached hydrogens (tertiary/aromatic N) is 3. The number of carbonyl (C=O) groups excluding carboxylic acids is 1. The molecule has 2 heterocycles. The van der Waals surface area contributed by atoms with Gasteiger partial charge in [0.05, 0.1) is 6.04 Å². The Balaban J connectivity index is 2.40. The highest BCUT2D eigenvalue weighted by atomic mass is 16.2. The zero-order valence-electron chi connectivity index (χ0n) is 11.2. The van der Waals surface area contributed by atoms with Crippen LogP contribution in [-0.2, 0) is 4.79 Å². The lowest BCUT2D eigenvalue weighted by molar-refractivity contribution is -0.121. The highest BCUT2D eigenvalue weighted by molar-refractivity contribution is 5.97. The third kappa shape index (κ3) is 2.36. The fourth-order valence-electron chi connectivity index (χ4n) is 2.54. The Hall–Kier alpha value is -1.49. The predicted octanol–water partition coefficient (Wildman–Crippen LogP) is 1.36. The number of rotatable bonds is 2. The second-order valence-corrected chi connectivity index (χ2v) is 5.29. The molecule has 1 saturated heterocycles. The summed E-state index contributed by atoms with van der Waals surface area (Å²) in [4.78, 5) is 22.5. The molecule has 5 heteroatoms. The van der Waals surface area contributed by atoms with E-state index in [0.717, 1.165) is 19.3 Å². The molecule has 0 spiro atoms. The predicted molar refractivity (Wildman–Crippen MR) is 70.3 cm³/mol. The standard InChI is InChI=1S/C13H20N4O/c1-13(2)7-4-5-10(14-3)12(18)17(13)11-6-8-15-9-16-11/h6,8-10,14H,4-5,7H2,1-3H3. The Morgan fingerprint density at radius 1 is 1.50 bits per heavy atom. The third-order valence-electron chi connectivity index (χ3n) is 3.55. The van der Waals surface area contributed by atoms with Gasteiger partial charge in [0, 0.05) is 11.7 Å². The minimum absolute atomic E-state index is 0.0960. The highest BCUT2D eigenvalue weighted by Crippen LogP contribution is 2.30. The summed E-state index contributed by atoms with van der Waals surface area (Å²) < 4.78 is 0. The number of carbonyl (C=O) groups is 1. The summed E-state index contributed by atoms with van der Waals surface area (Å²) in [5, 5.41) is 3.10. The molecule has 1 fully saturated rings. The minimum Gasteiger partial charge on any atom is -0.309 e. The summed E-state index contributed by atoms with van der Waals surface area (Å²) in [6, 6.07) is 1.67. The van der Waals surface area contributed by atoms with Gasteiger partial charge in [-0.1, -0.05) is 0 Å².